The Bertz CT molecular complexity index is 931. The van der Waals surface area contributed by atoms with Crippen LogP contribution in [0.15, 0.2) is 35.5 Å². The summed E-state index contributed by atoms with van der Waals surface area (Å²) in [5.74, 6) is 5.50. The van der Waals surface area contributed by atoms with Gasteiger partial charge in [-0.15, -0.1) is 12.8 Å². The fourth-order valence-electron chi connectivity index (χ4n) is 9.33. The van der Waals surface area contributed by atoms with Gasteiger partial charge in [-0.05, 0) is 136 Å². The van der Waals surface area contributed by atoms with Gasteiger partial charge in [0.15, 0.2) is 0 Å². The molecule has 0 aliphatic heterocycles. The fraction of sp³-hybridized carbons (Fsp3) is 0.800. The standard InChI is InChI=1S/C37H63N.2C2H6.C2H2.CH4O.CH2O/c1-9-11-24-38(23-10-2)25-20-30-18-21-36(7)31(26-30)14-15-32-34-17-16-33(37(34,8)22-19-35(32)36)29(6)13-12-28(5)27(3)4;5*1-2/h12-15,27-30,33-35H,9-11,16-26H2,1-8H3;2*1-2H3;1-2H;2H,1H3;1H2/b13-12+;;;;;. The number of aliphatic hydroxyl groups is 1. The second-order valence-electron chi connectivity index (χ2n) is 15.0. The van der Waals surface area contributed by atoms with E-state index in [-0.39, 0.29) is 0 Å². The smallest absolute Gasteiger partial charge is 0.106 e. The van der Waals surface area contributed by atoms with E-state index in [0.29, 0.717) is 22.7 Å². The van der Waals surface area contributed by atoms with Gasteiger partial charge in [0.2, 0.25) is 0 Å². The van der Waals surface area contributed by atoms with Crippen molar-refractivity contribution in [1.82, 2.24) is 4.90 Å². The molecule has 0 radical (unpaired) electrons. The molecule has 4 aliphatic rings. The number of hydrogen-bond donors (Lipinski definition) is 1. The van der Waals surface area contributed by atoms with Gasteiger partial charge in [0.1, 0.15) is 6.79 Å². The molecule has 0 aromatic rings. The van der Waals surface area contributed by atoms with Crippen molar-refractivity contribution in [2.45, 2.75) is 154 Å². The molecule has 0 aromatic heterocycles. The van der Waals surface area contributed by atoms with E-state index in [0.717, 1.165) is 36.7 Å². The third-order valence-corrected chi connectivity index (χ3v) is 12.4. The Labute approximate surface area is 301 Å². The first-order chi connectivity index (χ1) is 23.1. The quantitative estimate of drug-likeness (QED) is 0.166. The second kappa shape index (κ2) is 26.2. The molecule has 4 aliphatic carbocycles. The molecule has 1 N–H and O–H groups in total. The van der Waals surface area contributed by atoms with Crippen LogP contribution in [0, 0.1) is 65.1 Å². The van der Waals surface area contributed by atoms with E-state index >= 15 is 0 Å². The fourth-order valence-corrected chi connectivity index (χ4v) is 9.33. The number of carbonyl (C=O) groups excluding carboxylic acids is 1. The molecule has 3 heteroatoms. The van der Waals surface area contributed by atoms with Crippen molar-refractivity contribution in [3.63, 3.8) is 0 Å². The van der Waals surface area contributed by atoms with Crippen LogP contribution in [0.2, 0.25) is 0 Å². The minimum atomic E-state index is 0.434. The third-order valence-electron chi connectivity index (χ3n) is 12.4. The Morgan fingerprint density at radius 1 is 0.854 bits per heavy atom. The molecule has 4 rings (SSSR count). The summed E-state index contributed by atoms with van der Waals surface area (Å²) >= 11 is 0. The van der Waals surface area contributed by atoms with Gasteiger partial charge in [-0.25, -0.2) is 0 Å². The lowest BCUT2D eigenvalue weighted by Crippen LogP contribution is -2.46. The summed E-state index contributed by atoms with van der Waals surface area (Å²) < 4.78 is 0. The topological polar surface area (TPSA) is 40.5 Å². The van der Waals surface area contributed by atoms with Gasteiger partial charge in [0, 0.05) is 7.11 Å². The molecular weight excluding hydrogens is 587 g/mol. The minimum Gasteiger partial charge on any atom is -0.400 e. The van der Waals surface area contributed by atoms with Crippen molar-refractivity contribution < 1.29 is 9.90 Å². The zero-order valence-corrected chi connectivity index (χ0v) is 34.4. The first-order valence-corrected chi connectivity index (χ1v) is 20.0. The van der Waals surface area contributed by atoms with E-state index in [1.165, 1.54) is 90.3 Å². The highest BCUT2D eigenvalue weighted by atomic mass is 16.2. The number of unbranched alkanes of at least 4 members (excludes halogenated alkanes) is 1. The molecule has 0 saturated heterocycles. The maximum absolute atomic E-state index is 8.00. The lowest BCUT2D eigenvalue weighted by molar-refractivity contribution is -0.0980. The summed E-state index contributed by atoms with van der Waals surface area (Å²) in [4.78, 5) is 10.8. The van der Waals surface area contributed by atoms with Crippen molar-refractivity contribution >= 4 is 6.79 Å². The van der Waals surface area contributed by atoms with Crippen LogP contribution in [-0.2, 0) is 4.79 Å². The van der Waals surface area contributed by atoms with Gasteiger partial charge in [-0.2, -0.15) is 0 Å². The molecule has 0 spiro atoms. The third kappa shape index (κ3) is 12.6. The molecule has 48 heavy (non-hydrogen) atoms. The Balaban J connectivity index is 0. The van der Waals surface area contributed by atoms with Gasteiger partial charge in [0.05, 0.1) is 0 Å². The number of fused-ring (bicyclic) bond motifs is 5. The Hall–Kier alpha value is -1.63. The predicted molar refractivity (Wildman–Crippen MR) is 215 cm³/mol. The molecule has 8 unspecified atom stereocenters. The highest BCUT2D eigenvalue weighted by molar-refractivity contribution is 5.38. The molecule has 0 heterocycles. The molecule has 0 aromatic carbocycles. The van der Waals surface area contributed by atoms with Gasteiger partial charge < -0.3 is 14.8 Å². The maximum atomic E-state index is 8.00. The lowest BCUT2D eigenvalue weighted by Gasteiger charge is -2.55. The summed E-state index contributed by atoms with van der Waals surface area (Å²) in [7, 11) is 1.00. The molecule has 3 nitrogen and oxygen atoms in total. The van der Waals surface area contributed by atoms with Crippen molar-refractivity contribution in [2.75, 3.05) is 26.7 Å². The maximum Gasteiger partial charge on any atom is 0.106 e. The molecule has 0 amide bonds. The van der Waals surface area contributed by atoms with Crippen molar-refractivity contribution in [3.05, 3.63) is 35.5 Å². The summed E-state index contributed by atoms with van der Waals surface area (Å²) in [6.45, 7) is 33.5. The monoisotopic (exact) mass is 670 g/mol. The molecule has 8 atom stereocenters. The van der Waals surface area contributed by atoms with Crippen LogP contribution in [0.5, 0.6) is 0 Å². The van der Waals surface area contributed by atoms with Crippen LogP contribution < -0.4 is 0 Å². The van der Waals surface area contributed by atoms with Crippen LogP contribution in [-0.4, -0.2) is 43.5 Å². The summed E-state index contributed by atoms with van der Waals surface area (Å²) in [5.41, 5.74) is 4.61. The SMILES string of the molecule is C#C.C=O.CC.CC.CCCCN(CCC)CCC1CCC2(C)C(=CC=C3C2CCC2(C)C3CCC2C(C)/C=C/C(C)C(C)C)C1.CO. The molecule has 3 fully saturated rings. The van der Waals surface area contributed by atoms with E-state index in [1.54, 1.807) is 0 Å². The van der Waals surface area contributed by atoms with Crippen LogP contribution >= 0.6 is 0 Å². The molecule has 3 saturated carbocycles. The van der Waals surface area contributed by atoms with E-state index in [1.807, 2.05) is 45.6 Å². The molecule has 0 bridgehead atoms. The van der Waals surface area contributed by atoms with Gasteiger partial charge >= 0.3 is 0 Å². The number of aliphatic hydroxyl groups excluding tert-OH is 1. The van der Waals surface area contributed by atoms with Crippen molar-refractivity contribution in [3.8, 4) is 12.8 Å². The largest absolute Gasteiger partial charge is 0.400 e. The van der Waals surface area contributed by atoms with E-state index in [9.17, 15) is 0 Å². The van der Waals surface area contributed by atoms with Crippen molar-refractivity contribution in [1.29, 1.82) is 0 Å². The predicted octanol–water partition coefficient (Wildman–Crippen LogP) is 12.2. The first-order valence-electron chi connectivity index (χ1n) is 20.0. The summed E-state index contributed by atoms with van der Waals surface area (Å²) in [6, 6.07) is 0. The average Bonchev–Trinajstić information content (AvgIpc) is 3.49. The highest BCUT2D eigenvalue weighted by Gasteiger charge is 2.56. The number of hydrogen-bond acceptors (Lipinski definition) is 3. The Morgan fingerprint density at radius 3 is 2.04 bits per heavy atom. The minimum absolute atomic E-state index is 0.434. The van der Waals surface area contributed by atoms with Crippen LogP contribution in [0.1, 0.15) is 154 Å². The summed E-state index contributed by atoms with van der Waals surface area (Å²) in [6.07, 6.45) is 33.8. The number of nitrogens with zero attached hydrogens (tertiary/aromatic N) is 1. The zero-order valence-electron chi connectivity index (χ0n) is 34.4. The summed E-state index contributed by atoms with van der Waals surface area (Å²) in [5, 5.41) is 7.00. The van der Waals surface area contributed by atoms with Gasteiger partial charge in [0.25, 0.3) is 0 Å². The highest BCUT2D eigenvalue weighted by Crippen LogP contribution is 2.66. The van der Waals surface area contributed by atoms with E-state index in [2.05, 4.69) is 97.4 Å². The molecular formula is C45H83NO2. The molecule has 280 valence electrons. The number of terminal acetylenes is 1. The Kier molecular flexibility index (Phi) is 26.5. The van der Waals surface area contributed by atoms with Crippen molar-refractivity contribution in [2.24, 2.45) is 52.3 Å². The Morgan fingerprint density at radius 2 is 1.48 bits per heavy atom. The number of carbonyl (C=O) groups is 1. The van der Waals surface area contributed by atoms with Crippen LogP contribution in [0.4, 0.5) is 0 Å². The lowest BCUT2D eigenvalue weighted by atomic mass is 9.49. The second-order valence-corrected chi connectivity index (χ2v) is 15.0. The van der Waals surface area contributed by atoms with E-state index in [4.69, 9.17) is 9.90 Å². The number of rotatable bonds is 12. The van der Waals surface area contributed by atoms with Crippen LogP contribution in [0.25, 0.3) is 0 Å². The van der Waals surface area contributed by atoms with Crippen LogP contribution in [0.3, 0.4) is 0 Å². The first kappa shape index (κ1) is 48.5. The zero-order chi connectivity index (χ0) is 37.5. The number of allylic oxidation sites excluding steroid dienone is 6. The normalized spacial score (nSPS) is 29.5. The average molecular weight is 670 g/mol. The van der Waals surface area contributed by atoms with Gasteiger partial charge in [-0.1, -0.05) is 125 Å². The van der Waals surface area contributed by atoms with E-state index < -0.39 is 0 Å². The van der Waals surface area contributed by atoms with Gasteiger partial charge in [-0.3, -0.25) is 0 Å².